The quantitative estimate of drug-likeness (QED) is 0.343. The first-order chi connectivity index (χ1) is 9.45. The molecule has 0 saturated heterocycles. The molecule has 0 spiro atoms. The van der Waals surface area contributed by atoms with Gasteiger partial charge in [-0.15, -0.1) is 6.92 Å². The van der Waals surface area contributed by atoms with E-state index in [0.717, 1.165) is 12.8 Å². The minimum Gasteiger partial charge on any atom is -0.245 e. The van der Waals surface area contributed by atoms with Gasteiger partial charge in [-0.1, -0.05) is 41.4 Å². The zero-order valence-electron chi connectivity index (χ0n) is 15.3. The summed E-state index contributed by atoms with van der Waals surface area (Å²) in [5, 5.41) is 0. The van der Waals surface area contributed by atoms with Gasteiger partial charge in [-0.3, -0.25) is 0 Å². The molecule has 0 atom stereocenters. The molecule has 0 saturated carbocycles. The molecule has 0 N–H and O–H groups in total. The third-order valence-electron chi connectivity index (χ3n) is 3.50. The van der Waals surface area contributed by atoms with Gasteiger partial charge in [0.1, 0.15) is 0 Å². The van der Waals surface area contributed by atoms with Crippen LogP contribution in [0.15, 0.2) is 46.6 Å². The first-order valence-electron chi connectivity index (χ1n) is 7.85. The van der Waals surface area contributed by atoms with E-state index in [-0.39, 0.29) is 51.4 Å². The topological polar surface area (TPSA) is 0 Å². The summed E-state index contributed by atoms with van der Waals surface area (Å²) in [5.41, 5.74) is 5.83. The molecule has 0 radical (unpaired) electrons. The SMILES string of the molecule is [CH2-]/C=C(\C)CC/C=C(\C)CC/C=C(\C)CCC=C(C)C.[K+]. The molecule has 0 heterocycles. The summed E-state index contributed by atoms with van der Waals surface area (Å²) in [6, 6.07) is 0. The van der Waals surface area contributed by atoms with Crippen LogP contribution in [0.25, 0.3) is 0 Å². The van der Waals surface area contributed by atoms with Gasteiger partial charge in [-0.05, 0) is 59.8 Å². The molecular formula is C20H33K. The second-order valence-electron chi connectivity index (χ2n) is 6.05. The largest absolute Gasteiger partial charge is 1.00 e. The van der Waals surface area contributed by atoms with E-state index in [9.17, 15) is 0 Å². The molecule has 0 bridgehead atoms. The molecule has 0 fully saturated rings. The Bertz CT molecular complexity index is 377. The van der Waals surface area contributed by atoms with Crippen molar-refractivity contribution in [3.8, 4) is 0 Å². The monoisotopic (exact) mass is 312 g/mol. The molecule has 0 nitrogen and oxygen atoms in total. The summed E-state index contributed by atoms with van der Waals surface area (Å²) in [4.78, 5) is 0. The summed E-state index contributed by atoms with van der Waals surface area (Å²) < 4.78 is 0. The van der Waals surface area contributed by atoms with E-state index in [1.54, 1.807) is 0 Å². The Morgan fingerprint density at radius 1 is 0.667 bits per heavy atom. The maximum Gasteiger partial charge on any atom is 1.00 e. The molecular weight excluding hydrogens is 279 g/mol. The molecule has 0 aliphatic carbocycles. The summed E-state index contributed by atoms with van der Waals surface area (Å²) >= 11 is 0. The summed E-state index contributed by atoms with van der Waals surface area (Å²) in [7, 11) is 0. The number of hydrogen-bond acceptors (Lipinski definition) is 0. The van der Waals surface area contributed by atoms with Crippen molar-refractivity contribution in [2.45, 2.75) is 73.1 Å². The Kier molecular flexibility index (Phi) is 17.4. The maximum atomic E-state index is 3.79. The van der Waals surface area contributed by atoms with Gasteiger partial charge in [0.15, 0.2) is 0 Å². The molecule has 0 aromatic rings. The number of rotatable bonds is 9. The van der Waals surface area contributed by atoms with Crippen molar-refractivity contribution in [1.82, 2.24) is 0 Å². The molecule has 0 aromatic carbocycles. The van der Waals surface area contributed by atoms with E-state index in [4.69, 9.17) is 0 Å². The predicted molar refractivity (Wildman–Crippen MR) is 93.8 cm³/mol. The van der Waals surface area contributed by atoms with Crippen molar-refractivity contribution in [2.75, 3.05) is 0 Å². The van der Waals surface area contributed by atoms with E-state index in [2.05, 4.69) is 59.8 Å². The average Bonchev–Trinajstić information content (AvgIpc) is 2.38. The second-order valence-corrected chi connectivity index (χ2v) is 6.05. The van der Waals surface area contributed by atoms with Crippen LogP contribution in [0.3, 0.4) is 0 Å². The number of hydrogen-bond donors (Lipinski definition) is 0. The molecule has 114 valence electrons. The van der Waals surface area contributed by atoms with Crippen molar-refractivity contribution in [2.24, 2.45) is 0 Å². The normalized spacial score (nSPS) is 12.9. The van der Waals surface area contributed by atoms with Gasteiger partial charge >= 0.3 is 51.4 Å². The van der Waals surface area contributed by atoms with Crippen LogP contribution in [0, 0.1) is 6.92 Å². The van der Waals surface area contributed by atoms with Gasteiger partial charge in [0, 0.05) is 0 Å². The summed E-state index contributed by atoms with van der Waals surface area (Å²) in [6.45, 7) is 14.8. The van der Waals surface area contributed by atoms with Crippen LogP contribution >= 0.6 is 0 Å². The second kappa shape index (κ2) is 15.4. The minimum atomic E-state index is 0. The van der Waals surface area contributed by atoms with Gasteiger partial charge in [0.25, 0.3) is 0 Å². The van der Waals surface area contributed by atoms with E-state index in [1.807, 2.05) is 6.08 Å². The Balaban J connectivity index is 0. The van der Waals surface area contributed by atoms with Crippen molar-refractivity contribution in [1.29, 1.82) is 0 Å². The zero-order chi connectivity index (χ0) is 15.4. The fourth-order valence-electron chi connectivity index (χ4n) is 1.99. The average molecular weight is 313 g/mol. The minimum absolute atomic E-state index is 0. The molecule has 0 aliphatic rings. The molecule has 21 heavy (non-hydrogen) atoms. The van der Waals surface area contributed by atoms with Crippen LogP contribution in [0.1, 0.15) is 73.1 Å². The van der Waals surface area contributed by atoms with E-state index in [1.165, 1.54) is 48.0 Å². The van der Waals surface area contributed by atoms with Crippen LogP contribution in [0.5, 0.6) is 0 Å². The van der Waals surface area contributed by atoms with Crippen molar-refractivity contribution >= 4 is 0 Å². The van der Waals surface area contributed by atoms with Crippen molar-refractivity contribution in [3.63, 3.8) is 0 Å². The smallest absolute Gasteiger partial charge is 0.245 e. The van der Waals surface area contributed by atoms with Gasteiger partial charge in [0.05, 0.1) is 0 Å². The Morgan fingerprint density at radius 3 is 1.43 bits per heavy atom. The maximum absolute atomic E-state index is 3.79. The molecule has 0 aliphatic heterocycles. The van der Waals surface area contributed by atoms with Crippen LogP contribution < -0.4 is 51.4 Å². The van der Waals surface area contributed by atoms with Crippen molar-refractivity contribution < 1.29 is 51.4 Å². The van der Waals surface area contributed by atoms with E-state index < -0.39 is 0 Å². The molecule has 0 unspecified atom stereocenters. The van der Waals surface area contributed by atoms with Gasteiger partial charge in [-0.2, -0.15) is 0 Å². The van der Waals surface area contributed by atoms with E-state index >= 15 is 0 Å². The molecule has 0 aromatic heterocycles. The van der Waals surface area contributed by atoms with Crippen LogP contribution in [0.2, 0.25) is 0 Å². The van der Waals surface area contributed by atoms with Crippen LogP contribution in [-0.4, -0.2) is 0 Å². The first-order valence-corrected chi connectivity index (χ1v) is 7.85. The predicted octanol–water partition coefficient (Wildman–Crippen LogP) is 3.97. The van der Waals surface area contributed by atoms with Gasteiger partial charge < -0.3 is 0 Å². The van der Waals surface area contributed by atoms with Gasteiger partial charge in [-0.25, -0.2) is 18.6 Å². The first kappa shape index (κ1) is 23.7. The fraction of sp³-hybridized carbons (Fsp3) is 0.550. The Hall–Kier alpha value is 0.466. The summed E-state index contributed by atoms with van der Waals surface area (Å²) in [5.74, 6) is 0. The molecule has 0 rings (SSSR count). The van der Waals surface area contributed by atoms with Gasteiger partial charge in [0.2, 0.25) is 0 Å². The van der Waals surface area contributed by atoms with E-state index in [0.29, 0.717) is 0 Å². The fourth-order valence-corrected chi connectivity index (χ4v) is 1.99. The third kappa shape index (κ3) is 16.7. The molecule has 1 heteroatoms. The third-order valence-corrected chi connectivity index (χ3v) is 3.50. The molecule has 0 amide bonds. The van der Waals surface area contributed by atoms with Crippen LogP contribution in [0.4, 0.5) is 0 Å². The summed E-state index contributed by atoms with van der Waals surface area (Å²) in [6.07, 6.45) is 16.1. The standard InChI is InChI=1S/C20H33.K/c1-7-18(4)12-9-14-20(6)16-10-15-19(5)13-8-11-17(2)3;/h7,11,14-15H,1,8-10,12-13,16H2,2-6H3;/q-1;+1/b18-7+,19-15+,20-14+;. The van der Waals surface area contributed by atoms with Crippen LogP contribution in [-0.2, 0) is 0 Å². The number of allylic oxidation sites excluding steroid dienone is 8. The van der Waals surface area contributed by atoms with Crippen molar-refractivity contribution in [3.05, 3.63) is 53.5 Å². The Morgan fingerprint density at radius 2 is 1.05 bits per heavy atom. The Labute approximate surface area is 176 Å². The zero-order valence-corrected chi connectivity index (χ0v) is 18.4.